The van der Waals surface area contributed by atoms with Gasteiger partial charge in [0.25, 0.3) is 0 Å². The zero-order chi connectivity index (χ0) is 19.0. The van der Waals surface area contributed by atoms with Gasteiger partial charge in [-0.1, -0.05) is 0 Å². The van der Waals surface area contributed by atoms with Crippen LogP contribution < -0.4 is 5.32 Å². The van der Waals surface area contributed by atoms with Crippen LogP contribution in [-0.4, -0.2) is 52.7 Å². The van der Waals surface area contributed by atoms with E-state index >= 15 is 0 Å². The predicted octanol–water partition coefficient (Wildman–Crippen LogP) is 1.23. The molecule has 0 aliphatic heterocycles. The summed E-state index contributed by atoms with van der Waals surface area (Å²) in [6.07, 6.45) is -0.290. The number of aliphatic carboxylic acids is 1. The van der Waals surface area contributed by atoms with Crippen molar-refractivity contribution in [3.8, 4) is 0 Å². The summed E-state index contributed by atoms with van der Waals surface area (Å²) < 4.78 is 12.9. The number of nitrogens with zero attached hydrogens (tertiary/aromatic N) is 1. The van der Waals surface area contributed by atoms with E-state index < -0.39 is 23.7 Å². The summed E-state index contributed by atoms with van der Waals surface area (Å²) >= 11 is 0. The molecule has 1 unspecified atom stereocenters. The molecule has 0 bridgehead atoms. The van der Waals surface area contributed by atoms with E-state index in [1.165, 1.54) is 26.0 Å². The number of Topliss-reactive ketones (excluding diaryl/α,β-unsaturated/α-hetero) is 1. The van der Waals surface area contributed by atoms with Crippen LogP contribution >= 0.6 is 0 Å². The molecular weight excluding hydrogens is 331 g/mol. The molecule has 0 heterocycles. The zero-order valence-electron chi connectivity index (χ0n) is 14.1. The molecule has 0 radical (unpaired) electrons. The molecule has 1 aromatic rings. The molecule has 1 atom stereocenters. The van der Waals surface area contributed by atoms with Crippen molar-refractivity contribution >= 4 is 23.6 Å². The minimum absolute atomic E-state index is 0.0244. The van der Waals surface area contributed by atoms with Gasteiger partial charge in [-0.25, -0.2) is 9.18 Å². The first kappa shape index (κ1) is 20.3. The highest BCUT2D eigenvalue weighted by Crippen LogP contribution is 2.10. The molecule has 0 fully saturated rings. The molecule has 25 heavy (non-hydrogen) atoms. The van der Waals surface area contributed by atoms with Gasteiger partial charge >= 0.3 is 5.97 Å². The van der Waals surface area contributed by atoms with Gasteiger partial charge in [0.15, 0.2) is 5.78 Å². The Morgan fingerprint density at radius 1 is 1.16 bits per heavy atom. The summed E-state index contributed by atoms with van der Waals surface area (Å²) in [5.41, 5.74) is 0.283. The van der Waals surface area contributed by atoms with E-state index in [0.29, 0.717) is 0 Å². The molecule has 0 aromatic heterocycles. The van der Waals surface area contributed by atoms with Crippen molar-refractivity contribution in [2.45, 2.75) is 32.7 Å². The number of carboxylic acids is 1. The summed E-state index contributed by atoms with van der Waals surface area (Å²) in [5.74, 6) is -2.77. The average molecular weight is 352 g/mol. The fourth-order valence-electron chi connectivity index (χ4n) is 2.16. The second-order valence-corrected chi connectivity index (χ2v) is 5.51. The Morgan fingerprint density at radius 3 is 2.28 bits per heavy atom. The van der Waals surface area contributed by atoms with Crippen molar-refractivity contribution in [2.75, 3.05) is 13.1 Å². The van der Waals surface area contributed by atoms with Crippen LogP contribution in [0.5, 0.6) is 0 Å². The summed E-state index contributed by atoms with van der Waals surface area (Å²) in [6.45, 7) is 2.81. The van der Waals surface area contributed by atoms with Crippen molar-refractivity contribution < 1.29 is 28.7 Å². The smallest absolute Gasteiger partial charge is 0.326 e. The number of ketones is 1. The largest absolute Gasteiger partial charge is 0.480 e. The summed E-state index contributed by atoms with van der Waals surface area (Å²) in [7, 11) is 0. The molecular formula is C17H21FN2O5. The van der Waals surface area contributed by atoms with Crippen LogP contribution in [0.4, 0.5) is 4.39 Å². The highest BCUT2D eigenvalue weighted by Gasteiger charge is 2.25. The second-order valence-electron chi connectivity index (χ2n) is 5.51. The zero-order valence-corrected chi connectivity index (χ0v) is 14.1. The lowest BCUT2D eigenvalue weighted by Gasteiger charge is -2.26. The first-order chi connectivity index (χ1) is 11.7. The van der Waals surface area contributed by atoms with Gasteiger partial charge in [0.05, 0.1) is 0 Å². The van der Waals surface area contributed by atoms with Gasteiger partial charge in [-0.05, 0) is 31.2 Å². The van der Waals surface area contributed by atoms with E-state index in [0.717, 1.165) is 17.0 Å². The van der Waals surface area contributed by atoms with E-state index in [9.17, 15) is 23.6 Å². The second kappa shape index (κ2) is 9.51. The standard InChI is InChI=1S/C17H21FN2O5/c1-11(17(24)25)20(10-9-19-12(2)21)16(23)8-7-15(22)13-3-5-14(18)6-4-13/h3-6,11H,7-10H2,1-2H3,(H,19,21)(H,24,25). The van der Waals surface area contributed by atoms with Crippen LogP contribution in [-0.2, 0) is 14.4 Å². The molecule has 0 aliphatic rings. The molecule has 0 saturated heterocycles. The van der Waals surface area contributed by atoms with Gasteiger partial charge in [0.2, 0.25) is 11.8 Å². The number of carbonyl (C=O) groups is 4. The highest BCUT2D eigenvalue weighted by molar-refractivity contribution is 5.98. The number of carboxylic acid groups (broad SMARTS) is 1. The van der Waals surface area contributed by atoms with Crippen LogP contribution in [0.15, 0.2) is 24.3 Å². The molecule has 1 rings (SSSR count). The fraction of sp³-hybridized carbons (Fsp3) is 0.412. The lowest BCUT2D eigenvalue weighted by Crippen LogP contribution is -2.46. The van der Waals surface area contributed by atoms with Crippen molar-refractivity contribution in [1.29, 1.82) is 0 Å². The van der Waals surface area contributed by atoms with Crippen LogP contribution in [0.1, 0.15) is 37.0 Å². The molecule has 0 saturated carbocycles. The molecule has 136 valence electrons. The van der Waals surface area contributed by atoms with Crippen LogP contribution in [0.2, 0.25) is 0 Å². The van der Waals surface area contributed by atoms with E-state index in [1.807, 2.05) is 0 Å². The minimum Gasteiger partial charge on any atom is -0.480 e. The Balaban J connectivity index is 2.66. The van der Waals surface area contributed by atoms with Crippen LogP contribution in [0.25, 0.3) is 0 Å². The SMILES string of the molecule is CC(=O)NCCN(C(=O)CCC(=O)c1ccc(F)cc1)C(C)C(=O)O. The maximum absolute atomic E-state index is 12.9. The predicted molar refractivity (Wildman–Crippen MR) is 87.5 cm³/mol. The van der Waals surface area contributed by atoms with Gasteiger partial charge in [-0.15, -0.1) is 0 Å². The maximum Gasteiger partial charge on any atom is 0.326 e. The van der Waals surface area contributed by atoms with E-state index in [2.05, 4.69) is 5.32 Å². The van der Waals surface area contributed by atoms with E-state index in [-0.39, 0.29) is 43.2 Å². The number of carbonyl (C=O) groups excluding carboxylic acids is 3. The van der Waals surface area contributed by atoms with Crippen molar-refractivity contribution in [3.05, 3.63) is 35.6 Å². The number of benzene rings is 1. The Kier molecular flexibility index (Phi) is 7.71. The number of rotatable bonds is 9. The average Bonchev–Trinajstić information content (AvgIpc) is 2.56. The Morgan fingerprint density at radius 2 is 1.76 bits per heavy atom. The monoisotopic (exact) mass is 352 g/mol. The topological polar surface area (TPSA) is 104 Å². The van der Waals surface area contributed by atoms with Crippen molar-refractivity contribution in [3.63, 3.8) is 0 Å². The van der Waals surface area contributed by atoms with Crippen LogP contribution in [0.3, 0.4) is 0 Å². The molecule has 7 nitrogen and oxygen atoms in total. The summed E-state index contributed by atoms with van der Waals surface area (Å²) in [5, 5.41) is 11.6. The molecule has 2 N–H and O–H groups in total. The Hall–Kier alpha value is -2.77. The number of halogens is 1. The third kappa shape index (κ3) is 6.70. The molecule has 0 aliphatic carbocycles. The van der Waals surface area contributed by atoms with Gasteiger partial charge in [0, 0.05) is 38.4 Å². The first-order valence-corrected chi connectivity index (χ1v) is 7.78. The van der Waals surface area contributed by atoms with Crippen molar-refractivity contribution in [1.82, 2.24) is 10.2 Å². The minimum atomic E-state index is -1.18. The third-order valence-corrected chi connectivity index (χ3v) is 3.60. The van der Waals surface area contributed by atoms with Gasteiger partial charge in [-0.3, -0.25) is 14.4 Å². The summed E-state index contributed by atoms with van der Waals surface area (Å²) in [4.78, 5) is 47.5. The number of nitrogens with one attached hydrogen (secondary N) is 1. The first-order valence-electron chi connectivity index (χ1n) is 7.78. The number of amides is 2. The third-order valence-electron chi connectivity index (χ3n) is 3.60. The van der Waals surface area contributed by atoms with E-state index in [4.69, 9.17) is 5.11 Å². The molecule has 2 amide bonds. The van der Waals surface area contributed by atoms with Crippen molar-refractivity contribution in [2.24, 2.45) is 0 Å². The highest BCUT2D eigenvalue weighted by atomic mass is 19.1. The van der Waals surface area contributed by atoms with Gasteiger partial charge in [0.1, 0.15) is 11.9 Å². The normalized spacial score (nSPS) is 11.5. The fourth-order valence-corrected chi connectivity index (χ4v) is 2.16. The Bertz CT molecular complexity index is 645. The number of hydrogen-bond donors (Lipinski definition) is 2. The van der Waals surface area contributed by atoms with Crippen LogP contribution in [0, 0.1) is 5.82 Å². The lowest BCUT2D eigenvalue weighted by molar-refractivity contribution is -0.149. The maximum atomic E-state index is 12.9. The summed E-state index contributed by atoms with van der Waals surface area (Å²) in [6, 6.07) is 3.89. The Labute approximate surface area is 144 Å². The molecule has 1 aromatic carbocycles. The van der Waals surface area contributed by atoms with Gasteiger partial charge in [-0.2, -0.15) is 0 Å². The van der Waals surface area contributed by atoms with E-state index in [1.54, 1.807) is 0 Å². The lowest BCUT2D eigenvalue weighted by atomic mass is 10.1. The quantitative estimate of drug-likeness (QED) is 0.651. The van der Waals surface area contributed by atoms with Gasteiger partial charge < -0.3 is 15.3 Å². The molecule has 0 spiro atoms. The molecule has 8 heteroatoms. The number of hydrogen-bond acceptors (Lipinski definition) is 4.